The second-order valence-electron chi connectivity index (χ2n) is 7.47. The summed E-state index contributed by atoms with van der Waals surface area (Å²) < 4.78 is 0. The summed E-state index contributed by atoms with van der Waals surface area (Å²) in [5.41, 5.74) is 2.61. The van der Waals surface area contributed by atoms with Crippen LogP contribution in [-0.2, 0) is 0 Å². The third kappa shape index (κ3) is 3.31. The molecule has 0 heterocycles. The van der Waals surface area contributed by atoms with Crippen molar-refractivity contribution in [2.45, 2.75) is 78.2 Å². The van der Waals surface area contributed by atoms with E-state index in [1.807, 2.05) is 6.92 Å². The molecular weight excluding hydrogens is 232 g/mol. The molecule has 1 fully saturated rings. The van der Waals surface area contributed by atoms with Crippen molar-refractivity contribution in [3.8, 4) is 0 Å². The van der Waals surface area contributed by atoms with Crippen molar-refractivity contribution in [1.29, 1.82) is 0 Å². The number of hydrogen-bond acceptors (Lipinski definition) is 1. The molecule has 0 saturated heterocycles. The predicted molar refractivity (Wildman–Crippen MR) is 82.1 cm³/mol. The second-order valence-corrected chi connectivity index (χ2v) is 7.47. The highest BCUT2D eigenvalue weighted by Gasteiger charge is 2.33. The molecule has 0 spiro atoms. The molecule has 2 aliphatic rings. The standard InChI is InChI=1S/C18H30O/c1-14-8-7-12-17(2,3)16(14)11-13-18(4,19)15-9-5-6-10-15/h11,13,15,19H,5-10,12H2,1-4H3/b13-11+. The molecule has 0 bridgehead atoms. The Morgan fingerprint density at radius 1 is 1.21 bits per heavy atom. The zero-order valence-electron chi connectivity index (χ0n) is 13.1. The summed E-state index contributed by atoms with van der Waals surface area (Å²) in [6.07, 6.45) is 13.0. The fourth-order valence-corrected chi connectivity index (χ4v) is 3.91. The van der Waals surface area contributed by atoms with Crippen LogP contribution in [0.4, 0.5) is 0 Å². The molecule has 1 unspecified atom stereocenters. The van der Waals surface area contributed by atoms with E-state index in [0.717, 1.165) is 0 Å². The number of allylic oxidation sites excluding steroid dienone is 3. The van der Waals surface area contributed by atoms with Crippen LogP contribution >= 0.6 is 0 Å². The minimum Gasteiger partial charge on any atom is -0.386 e. The first-order valence-electron chi connectivity index (χ1n) is 7.95. The van der Waals surface area contributed by atoms with E-state index >= 15 is 0 Å². The van der Waals surface area contributed by atoms with Gasteiger partial charge in [-0.1, -0.05) is 44.4 Å². The highest BCUT2D eigenvalue weighted by atomic mass is 16.3. The lowest BCUT2D eigenvalue weighted by atomic mass is 9.72. The van der Waals surface area contributed by atoms with E-state index in [0.29, 0.717) is 5.92 Å². The first kappa shape index (κ1) is 14.8. The van der Waals surface area contributed by atoms with Gasteiger partial charge >= 0.3 is 0 Å². The minimum atomic E-state index is -0.628. The summed E-state index contributed by atoms with van der Waals surface area (Å²) in [5, 5.41) is 10.7. The summed E-state index contributed by atoms with van der Waals surface area (Å²) in [5.74, 6) is 0.455. The largest absolute Gasteiger partial charge is 0.386 e. The third-order valence-corrected chi connectivity index (χ3v) is 5.31. The van der Waals surface area contributed by atoms with Crippen LogP contribution in [0.1, 0.15) is 72.6 Å². The van der Waals surface area contributed by atoms with Crippen LogP contribution in [-0.4, -0.2) is 10.7 Å². The molecular formula is C18H30O. The lowest BCUT2D eigenvalue weighted by molar-refractivity contribution is 0.0490. The van der Waals surface area contributed by atoms with Crippen molar-refractivity contribution in [3.05, 3.63) is 23.3 Å². The molecule has 19 heavy (non-hydrogen) atoms. The van der Waals surface area contributed by atoms with Crippen LogP contribution in [0.25, 0.3) is 0 Å². The van der Waals surface area contributed by atoms with E-state index in [9.17, 15) is 5.11 Å². The van der Waals surface area contributed by atoms with E-state index in [4.69, 9.17) is 0 Å². The third-order valence-electron chi connectivity index (χ3n) is 5.31. The molecule has 0 aliphatic heterocycles. The molecule has 1 N–H and O–H groups in total. The fourth-order valence-electron chi connectivity index (χ4n) is 3.91. The molecule has 0 aromatic carbocycles. The van der Waals surface area contributed by atoms with Crippen molar-refractivity contribution < 1.29 is 5.11 Å². The van der Waals surface area contributed by atoms with Crippen LogP contribution in [0.5, 0.6) is 0 Å². The Hall–Kier alpha value is -0.560. The quantitative estimate of drug-likeness (QED) is 0.758. The summed E-state index contributed by atoms with van der Waals surface area (Å²) in [4.78, 5) is 0. The van der Waals surface area contributed by atoms with Gasteiger partial charge < -0.3 is 5.11 Å². The van der Waals surface area contributed by atoms with Gasteiger partial charge in [0.15, 0.2) is 0 Å². The van der Waals surface area contributed by atoms with Gasteiger partial charge in [0.1, 0.15) is 0 Å². The Labute approximate surface area is 118 Å². The molecule has 1 saturated carbocycles. The van der Waals surface area contributed by atoms with Gasteiger partial charge in [-0.3, -0.25) is 0 Å². The highest BCUT2D eigenvalue weighted by Crippen LogP contribution is 2.42. The Balaban J connectivity index is 2.16. The number of hydrogen-bond donors (Lipinski definition) is 1. The number of rotatable bonds is 3. The molecule has 0 amide bonds. The SMILES string of the molecule is CC1=C(/C=C/C(C)(O)C2CCCC2)C(C)(C)CCC1. The molecule has 1 nitrogen and oxygen atoms in total. The van der Waals surface area contributed by atoms with Crippen LogP contribution in [0.2, 0.25) is 0 Å². The predicted octanol–water partition coefficient (Wildman–Crippen LogP) is 5.01. The second kappa shape index (κ2) is 5.44. The van der Waals surface area contributed by atoms with E-state index in [1.54, 1.807) is 0 Å². The minimum absolute atomic E-state index is 0.268. The molecule has 1 atom stereocenters. The van der Waals surface area contributed by atoms with Gasteiger partial charge in [-0.25, -0.2) is 0 Å². The Morgan fingerprint density at radius 3 is 2.42 bits per heavy atom. The molecule has 1 heteroatoms. The summed E-state index contributed by atoms with van der Waals surface area (Å²) >= 11 is 0. The van der Waals surface area contributed by atoms with Crippen LogP contribution < -0.4 is 0 Å². The van der Waals surface area contributed by atoms with Crippen molar-refractivity contribution in [3.63, 3.8) is 0 Å². The van der Waals surface area contributed by atoms with Gasteiger partial charge in [0.2, 0.25) is 0 Å². The lowest BCUT2D eigenvalue weighted by Gasteiger charge is -2.34. The van der Waals surface area contributed by atoms with Gasteiger partial charge in [0, 0.05) is 0 Å². The zero-order valence-corrected chi connectivity index (χ0v) is 13.1. The average Bonchev–Trinajstić information content (AvgIpc) is 2.81. The first-order valence-corrected chi connectivity index (χ1v) is 7.95. The van der Waals surface area contributed by atoms with Crippen molar-refractivity contribution >= 4 is 0 Å². The van der Waals surface area contributed by atoms with Crippen LogP contribution in [0, 0.1) is 11.3 Å². The van der Waals surface area contributed by atoms with Gasteiger partial charge in [-0.15, -0.1) is 0 Å². The normalized spacial score (nSPS) is 28.1. The molecule has 2 rings (SSSR count). The Bertz CT molecular complexity index is 378. The molecule has 0 radical (unpaired) electrons. The maximum Gasteiger partial charge on any atom is 0.0830 e. The zero-order chi connectivity index (χ0) is 14.1. The topological polar surface area (TPSA) is 20.2 Å². The number of aliphatic hydroxyl groups is 1. The maximum absolute atomic E-state index is 10.7. The van der Waals surface area contributed by atoms with E-state index in [-0.39, 0.29) is 5.41 Å². The first-order chi connectivity index (χ1) is 8.83. The Kier molecular flexibility index (Phi) is 4.25. The molecule has 0 aromatic rings. The van der Waals surface area contributed by atoms with Gasteiger partial charge in [-0.05, 0) is 62.9 Å². The van der Waals surface area contributed by atoms with Gasteiger partial charge in [0.25, 0.3) is 0 Å². The van der Waals surface area contributed by atoms with Gasteiger partial charge in [-0.2, -0.15) is 0 Å². The lowest BCUT2D eigenvalue weighted by Crippen LogP contribution is -2.30. The highest BCUT2D eigenvalue weighted by molar-refractivity contribution is 5.33. The molecule has 2 aliphatic carbocycles. The van der Waals surface area contributed by atoms with Crippen molar-refractivity contribution in [1.82, 2.24) is 0 Å². The molecule has 108 valence electrons. The summed E-state index contributed by atoms with van der Waals surface area (Å²) in [6.45, 7) is 8.91. The van der Waals surface area contributed by atoms with Crippen molar-refractivity contribution in [2.75, 3.05) is 0 Å². The van der Waals surface area contributed by atoms with Crippen LogP contribution in [0.3, 0.4) is 0 Å². The van der Waals surface area contributed by atoms with E-state index < -0.39 is 5.60 Å². The van der Waals surface area contributed by atoms with E-state index in [1.165, 1.54) is 56.1 Å². The van der Waals surface area contributed by atoms with Crippen LogP contribution in [0.15, 0.2) is 23.3 Å². The maximum atomic E-state index is 10.7. The van der Waals surface area contributed by atoms with E-state index in [2.05, 4.69) is 32.9 Å². The van der Waals surface area contributed by atoms with Gasteiger partial charge in [0.05, 0.1) is 5.60 Å². The Morgan fingerprint density at radius 2 is 1.84 bits per heavy atom. The summed E-state index contributed by atoms with van der Waals surface area (Å²) in [7, 11) is 0. The smallest absolute Gasteiger partial charge is 0.0830 e. The van der Waals surface area contributed by atoms with Crippen molar-refractivity contribution in [2.24, 2.45) is 11.3 Å². The fraction of sp³-hybridized carbons (Fsp3) is 0.778. The molecule has 0 aromatic heterocycles. The average molecular weight is 262 g/mol. The summed E-state index contributed by atoms with van der Waals surface area (Å²) in [6, 6.07) is 0. The monoisotopic (exact) mass is 262 g/mol.